The van der Waals surface area contributed by atoms with Crippen LogP contribution in [-0.4, -0.2) is 63.4 Å². The highest BCUT2D eigenvalue weighted by Gasteiger charge is 2.25. The molecule has 0 aliphatic carbocycles. The van der Waals surface area contributed by atoms with Gasteiger partial charge in [-0.2, -0.15) is 4.31 Å². The third-order valence-electron chi connectivity index (χ3n) is 5.08. The molecule has 0 unspecified atom stereocenters. The molecule has 7 nitrogen and oxygen atoms in total. The van der Waals surface area contributed by atoms with Crippen LogP contribution in [0, 0.1) is 0 Å². The van der Waals surface area contributed by atoms with Gasteiger partial charge in [-0.25, -0.2) is 8.42 Å². The number of likely N-dealkylation sites (N-methyl/N-ethyl adjacent to an activating group) is 1. The lowest BCUT2D eigenvalue weighted by molar-refractivity contribution is 0.0951. The van der Waals surface area contributed by atoms with Crippen LogP contribution in [0.5, 0.6) is 5.75 Å². The third-order valence-corrected chi connectivity index (χ3v) is 6.93. The Labute approximate surface area is 178 Å². The molecule has 0 radical (unpaired) electrons. The summed E-state index contributed by atoms with van der Waals surface area (Å²) in [6.07, 6.45) is 0. The second kappa shape index (κ2) is 10.1. The Kier molecular flexibility index (Phi) is 7.47. The molecule has 2 aromatic carbocycles. The van der Waals surface area contributed by atoms with Gasteiger partial charge >= 0.3 is 0 Å². The zero-order valence-electron chi connectivity index (χ0n) is 17.5. The maximum Gasteiger partial charge on any atom is 0.251 e. The van der Waals surface area contributed by atoms with Crippen molar-refractivity contribution in [3.05, 3.63) is 65.2 Å². The number of sulfonamides is 1. The molecule has 0 atom stereocenters. The largest absolute Gasteiger partial charge is 0.494 e. The first-order valence-corrected chi connectivity index (χ1v) is 11.7. The molecular weight excluding hydrogens is 402 g/mol. The molecule has 1 aliphatic rings. The molecular formula is C22H29N3O4S. The first-order valence-electron chi connectivity index (χ1n) is 10.1. The van der Waals surface area contributed by atoms with Gasteiger partial charge in [-0.05, 0) is 49.4 Å². The van der Waals surface area contributed by atoms with E-state index in [0.29, 0.717) is 37.4 Å². The minimum Gasteiger partial charge on any atom is -0.494 e. The highest BCUT2D eigenvalue weighted by molar-refractivity contribution is 7.88. The summed E-state index contributed by atoms with van der Waals surface area (Å²) in [6.45, 7) is 5.42. The van der Waals surface area contributed by atoms with E-state index in [1.54, 1.807) is 28.6 Å². The van der Waals surface area contributed by atoms with Crippen molar-refractivity contribution >= 4 is 15.9 Å². The van der Waals surface area contributed by atoms with Gasteiger partial charge in [0.1, 0.15) is 5.75 Å². The molecule has 8 heteroatoms. The predicted octanol–water partition coefficient (Wildman–Crippen LogP) is 2.09. The van der Waals surface area contributed by atoms with Gasteiger partial charge in [0.05, 0.1) is 12.4 Å². The van der Waals surface area contributed by atoms with Gasteiger partial charge < -0.3 is 15.0 Å². The SMILES string of the molecule is CCOc1cccc(CNC(=O)c2ccc(CS(=O)(=O)N3CCN(C)CC3)cc2)c1. The van der Waals surface area contributed by atoms with Gasteiger partial charge in [0.15, 0.2) is 0 Å². The number of nitrogens with zero attached hydrogens (tertiary/aromatic N) is 2. The van der Waals surface area contributed by atoms with Gasteiger partial charge in [-0.15, -0.1) is 0 Å². The monoisotopic (exact) mass is 431 g/mol. The first kappa shape index (κ1) is 22.3. The first-order chi connectivity index (χ1) is 14.4. The number of carbonyl (C=O) groups is 1. The topological polar surface area (TPSA) is 78.9 Å². The Morgan fingerprint density at radius 2 is 1.73 bits per heavy atom. The number of benzene rings is 2. The summed E-state index contributed by atoms with van der Waals surface area (Å²) >= 11 is 0. The fourth-order valence-corrected chi connectivity index (χ4v) is 4.83. The lowest BCUT2D eigenvalue weighted by atomic mass is 10.1. The number of carbonyl (C=O) groups excluding carboxylic acids is 1. The van der Waals surface area contributed by atoms with E-state index in [-0.39, 0.29) is 11.7 Å². The van der Waals surface area contributed by atoms with Crippen LogP contribution in [0.4, 0.5) is 0 Å². The van der Waals surface area contributed by atoms with E-state index in [1.807, 2.05) is 38.2 Å². The number of rotatable bonds is 8. The molecule has 1 fully saturated rings. The number of piperazine rings is 1. The van der Waals surface area contributed by atoms with Crippen molar-refractivity contribution in [2.24, 2.45) is 0 Å². The molecule has 2 aromatic rings. The van der Waals surface area contributed by atoms with Crippen LogP contribution < -0.4 is 10.1 Å². The number of ether oxygens (including phenoxy) is 1. The molecule has 3 rings (SSSR count). The molecule has 1 heterocycles. The predicted molar refractivity (Wildman–Crippen MR) is 117 cm³/mol. The average molecular weight is 432 g/mol. The normalized spacial score (nSPS) is 15.7. The Hall–Kier alpha value is -2.42. The van der Waals surface area contributed by atoms with Crippen molar-refractivity contribution in [2.75, 3.05) is 39.8 Å². The van der Waals surface area contributed by atoms with Crippen molar-refractivity contribution in [3.8, 4) is 5.75 Å². The van der Waals surface area contributed by atoms with E-state index in [4.69, 9.17) is 4.74 Å². The van der Waals surface area contributed by atoms with Crippen LogP contribution in [0.2, 0.25) is 0 Å². The summed E-state index contributed by atoms with van der Waals surface area (Å²) < 4.78 is 32.3. The number of amides is 1. The summed E-state index contributed by atoms with van der Waals surface area (Å²) in [6, 6.07) is 14.3. The number of nitrogens with one attached hydrogen (secondary N) is 1. The smallest absolute Gasteiger partial charge is 0.251 e. The van der Waals surface area contributed by atoms with Crippen LogP contribution in [-0.2, 0) is 22.3 Å². The Morgan fingerprint density at radius 1 is 1.03 bits per heavy atom. The fourth-order valence-electron chi connectivity index (χ4n) is 3.32. The fraction of sp³-hybridized carbons (Fsp3) is 0.409. The summed E-state index contributed by atoms with van der Waals surface area (Å²) in [5.41, 5.74) is 2.12. The molecule has 0 spiro atoms. The van der Waals surface area contributed by atoms with Crippen molar-refractivity contribution < 1.29 is 17.9 Å². The van der Waals surface area contributed by atoms with Crippen molar-refractivity contribution in [2.45, 2.75) is 19.2 Å². The Balaban J connectivity index is 1.56. The van der Waals surface area contributed by atoms with Crippen molar-refractivity contribution in [1.82, 2.24) is 14.5 Å². The van der Waals surface area contributed by atoms with Gasteiger partial charge in [0, 0.05) is 38.3 Å². The second-order valence-corrected chi connectivity index (χ2v) is 9.39. The summed E-state index contributed by atoms with van der Waals surface area (Å²) in [5, 5.41) is 2.88. The standard InChI is InChI=1S/C22H29N3O4S/c1-3-29-21-6-4-5-19(15-21)16-23-22(26)20-9-7-18(8-10-20)17-30(27,28)25-13-11-24(2)12-14-25/h4-10,15H,3,11-14,16-17H2,1-2H3,(H,23,26). The molecule has 0 saturated carbocycles. The van der Waals surface area contributed by atoms with Gasteiger partial charge in [-0.1, -0.05) is 24.3 Å². The summed E-state index contributed by atoms with van der Waals surface area (Å²) in [4.78, 5) is 14.5. The average Bonchev–Trinajstić information content (AvgIpc) is 2.73. The van der Waals surface area contributed by atoms with Gasteiger partial charge in [-0.3, -0.25) is 4.79 Å². The van der Waals surface area contributed by atoms with Crippen LogP contribution >= 0.6 is 0 Å². The highest BCUT2D eigenvalue weighted by atomic mass is 32.2. The van der Waals surface area contributed by atoms with Crippen LogP contribution in [0.15, 0.2) is 48.5 Å². The maximum absolute atomic E-state index is 12.6. The minimum absolute atomic E-state index is 0.0527. The maximum atomic E-state index is 12.6. The molecule has 1 saturated heterocycles. The molecule has 1 aliphatic heterocycles. The highest BCUT2D eigenvalue weighted by Crippen LogP contribution is 2.15. The van der Waals surface area contributed by atoms with E-state index in [0.717, 1.165) is 24.4 Å². The molecule has 1 N–H and O–H groups in total. The zero-order valence-corrected chi connectivity index (χ0v) is 18.3. The molecule has 30 heavy (non-hydrogen) atoms. The lowest BCUT2D eigenvalue weighted by Gasteiger charge is -2.31. The van der Waals surface area contributed by atoms with E-state index in [2.05, 4.69) is 10.2 Å². The molecule has 0 bridgehead atoms. The van der Waals surface area contributed by atoms with Crippen molar-refractivity contribution in [3.63, 3.8) is 0 Å². The summed E-state index contributed by atoms with van der Waals surface area (Å²) in [7, 11) is -1.36. The van der Waals surface area contributed by atoms with Gasteiger partial charge in [0.25, 0.3) is 5.91 Å². The van der Waals surface area contributed by atoms with Crippen LogP contribution in [0.1, 0.15) is 28.4 Å². The Bertz CT molecular complexity index is 953. The third kappa shape index (κ3) is 6.04. The van der Waals surface area contributed by atoms with Crippen LogP contribution in [0.3, 0.4) is 0 Å². The number of hydrogen-bond donors (Lipinski definition) is 1. The molecule has 162 valence electrons. The van der Waals surface area contributed by atoms with E-state index in [9.17, 15) is 13.2 Å². The Morgan fingerprint density at radius 3 is 2.40 bits per heavy atom. The quantitative estimate of drug-likeness (QED) is 0.693. The van der Waals surface area contributed by atoms with E-state index < -0.39 is 10.0 Å². The molecule has 1 amide bonds. The minimum atomic E-state index is -3.35. The van der Waals surface area contributed by atoms with Gasteiger partial charge in [0.2, 0.25) is 10.0 Å². The second-order valence-electron chi connectivity index (χ2n) is 7.42. The molecule has 0 aromatic heterocycles. The number of hydrogen-bond acceptors (Lipinski definition) is 5. The lowest BCUT2D eigenvalue weighted by Crippen LogP contribution is -2.47. The van der Waals surface area contributed by atoms with E-state index >= 15 is 0 Å². The van der Waals surface area contributed by atoms with E-state index in [1.165, 1.54) is 0 Å². The van der Waals surface area contributed by atoms with Crippen molar-refractivity contribution in [1.29, 1.82) is 0 Å². The summed E-state index contributed by atoms with van der Waals surface area (Å²) in [5.74, 6) is 0.517. The zero-order chi connectivity index (χ0) is 21.6. The van der Waals surface area contributed by atoms with Crippen LogP contribution in [0.25, 0.3) is 0 Å².